The third kappa shape index (κ3) is 3.39. The van der Waals surface area contributed by atoms with Crippen molar-refractivity contribution in [2.75, 3.05) is 19.9 Å². The van der Waals surface area contributed by atoms with Crippen LogP contribution in [0.1, 0.15) is 13.8 Å². The second kappa shape index (κ2) is 6.64. The number of hydrogen-bond donors (Lipinski definition) is 2. The van der Waals surface area contributed by atoms with Crippen LogP contribution in [-0.2, 0) is 19.6 Å². The highest BCUT2D eigenvalue weighted by atomic mass is 32.2. The van der Waals surface area contributed by atoms with E-state index < -0.39 is 44.9 Å². The summed E-state index contributed by atoms with van der Waals surface area (Å²) in [5, 5.41) is 10.4. The average molecular weight is 410 g/mol. The summed E-state index contributed by atoms with van der Waals surface area (Å²) in [5.41, 5.74) is -5.93. The van der Waals surface area contributed by atoms with E-state index in [0.29, 0.717) is 0 Å². The van der Waals surface area contributed by atoms with Crippen molar-refractivity contribution in [2.45, 2.75) is 37.2 Å². The lowest BCUT2D eigenvalue weighted by atomic mass is 9.75. The van der Waals surface area contributed by atoms with Crippen LogP contribution in [0.4, 0.5) is 13.2 Å². The number of nitrogens with one attached hydrogen (secondary N) is 1. The first-order valence-corrected chi connectivity index (χ1v) is 9.87. The summed E-state index contributed by atoms with van der Waals surface area (Å²) in [6, 6.07) is -0.925. The molecule has 3 atom stereocenters. The molecule has 0 saturated heterocycles. The van der Waals surface area contributed by atoms with E-state index in [4.69, 9.17) is 0 Å². The molecule has 0 fully saturated rings. The number of hydrogen-bond acceptors (Lipinski definition) is 6. The molecule has 0 amide bonds. The molecule has 7 nitrogen and oxygen atoms in total. The van der Waals surface area contributed by atoms with Crippen molar-refractivity contribution in [1.29, 1.82) is 0 Å². The maximum Gasteiger partial charge on any atom is 0.432 e. The largest absolute Gasteiger partial charge is 0.463 e. The van der Waals surface area contributed by atoms with Gasteiger partial charge in [0.15, 0.2) is 0 Å². The lowest BCUT2D eigenvalue weighted by molar-refractivity contribution is -0.248. The van der Waals surface area contributed by atoms with Crippen molar-refractivity contribution in [3.63, 3.8) is 0 Å². The molecule has 0 aromatic rings. The van der Waals surface area contributed by atoms with Crippen molar-refractivity contribution < 1.29 is 36.2 Å². The molecular weight excluding hydrogens is 389 g/mol. The van der Waals surface area contributed by atoms with Gasteiger partial charge in [-0.05, 0) is 19.4 Å². The maximum absolute atomic E-state index is 13.7. The Morgan fingerprint density at radius 1 is 1.44 bits per heavy atom. The van der Waals surface area contributed by atoms with E-state index in [2.05, 4.69) is 9.46 Å². The van der Waals surface area contributed by atoms with Crippen molar-refractivity contribution in [3.05, 3.63) is 35.6 Å². The lowest BCUT2D eigenvalue weighted by Crippen LogP contribution is -2.59. The Morgan fingerprint density at radius 3 is 2.52 bits per heavy atom. The van der Waals surface area contributed by atoms with Gasteiger partial charge in [0.25, 0.3) is 5.60 Å². The number of halogens is 3. The van der Waals surface area contributed by atoms with Gasteiger partial charge in [-0.15, -0.1) is 0 Å². The Labute approximate surface area is 155 Å². The third-order valence-corrected chi connectivity index (χ3v) is 5.46. The van der Waals surface area contributed by atoms with Gasteiger partial charge in [-0.25, -0.2) is 17.9 Å². The Morgan fingerprint density at radius 2 is 2.04 bits per heavy atom. The first-order valence-electron chi connectivity index (χ1n) is 7.97. The molecule has 0 radical (unpaired) electrons. The van der Waals surface area contributed by atoms with Crippen LogP contribution in [0.5, 0.6) is 0 Å². The minimum atomic E-state index is -5.35. The molecule has 0 aromatic carbocycles. The SMILES string of the molecule is CCOC(=O)C(O)(C1=CN(C)C2(C)C1=CC=CC2NS(C)(=O)=O)C(F)(F)F. The zero-order valence-corrected chi connectivity index (χ0v) is 16.0. The van der Waals surface area contributed by atoms with Crippen LogP contribution in [0.15, 0.2) is 35.6 Å². The fourth-order valence-electron chi connectivity index (χ4n) is 3.24. The van der Waals surface area contributed by atoms with E-state index in [1.165, 1.54) is 44.0 Å². The molecule has 2 aliphatic rings. The molecule has 2 rings (SSSR count). The van der Waals surface area contributed by atoms with E-state index in [9.17, 15) is 31.5 Å². The fraction of sp³-hybridized carbons (Fsp3) is 0.562. The number of likely N-dealkylation sites (N-methyl/N-ethyl adjacent to an activating group) is 1. The first-order chi connectivity index (χ1) is 12.2. The summed E-state index contributed by atoms with van der Waals surface area (Å²) in [7, 11) is -2.26. The van der Waals surface area contributed by atoms with Gasteiger partial charge in [-0.2, -0.15) is 13.2 Å². The number of alkyl halides is 3. The minimum Gasteiger partial charge on any atom is -0.463 e. The number of sulfonamides is 1. The summed E-state index contributed by atoms with van der Waals surface area (Å²) < 4.78 is 71.4. The summed E-state index contributed by atoms with van der Waals surface area (Å²) in [6.07, 6.45) is 0.727. The topological polar surface area (TPSA) is 95.9 Å². The van der Waals surface area contributed by atoms with Crippen LogP contribution in [0, 0.1) is 0 Å². The molecule has 2 N–H and O–H groups in total. The number of nitrogens with zero attached hydrogens (tertiary/aromatic N) is 1. The van der Waals surface area contributed by atoms with E-state index >= 15 is 0 Å². The van der Waals surface area contributed by atoms with Gasteiger partial charge >= 0.3 is 12.1 Å². The summed E-state index contributed by atoms with van der Waals surface area (Å²) >= 11 is 0. The lowest BCUT2D eigenvalue weighted by Gasteiger charge is -2.43. The number of allylic oxidation sites excluding steroid dienone is 2. The molecular formula is C16H21F3N2O5S. The molecule has 0 bridgehead atoms. The van der Waals surface area contributed by atoms with E-state index in [1.807, 2.05) is 0 Å². The van der Waals surface area contributed by atoms with Gasteiger partial charge in [-0.1, -0.05) is 18.2 Å². The Balaban J connectivity index is 2.60. The van der Waals surface area contributed by atoms with Crippen molar-refractivity contribution in [1.82, 2.24) is 9.62 Å². The number of aliphatic hydroxyl groups is 1. The van der Waals surface area contributed by atoms with Crippen LogP contribution >= 0.6 is 0 Å². The molecule has 3 unspecified atom stereocenters. The molecule has 0 saturated carbocycles. The number of rotatable bonds is 5. The maximum atomic E-state index is 13.7. The van der Waals surface area contributed by atoms with Gasteiger partial charge < -0.3 is 14.7 Å². The molecule has 1 aliphatic heterocycles. The minimum absolute atomic E-state index is 0.0403. The van der Waals surface area contributed by atoms with Crippen LogP contribution < -0.4 is 4.72 Å². The summed E-state index contributed by atoms with van der Waals surface area (Å²) in [4.78, 5) is 13.4. The number of carbonyl (C=O) groups is 1. The Bertz CT molecular complexity index is 833. The highest BCUT2D eigenvalue weighted by Gasteiger charge is 2.67. The van der Waals surface area contributed by atoms with E-state index in [-0.39, 0.29) is 12.2 Å². The standard InChI is InChI=1S/C16H21F3N2O5S/c1-5-26-13(22)15(23,16(17,18)19)11-9-21(3)14(2)10(11)7-6-8-12(14)20-27(4,24)25/h6-9,12,20,23H,5H2,1-4H3. The Hall–Kier alpha value is -1.85. The fourth-order valence-corrected chi connectivity index (χ4v) is 4.01. The second-order valence-electron chi connectivity index (χ2n) is 6.56. The molecule has 1 aliphatic carbocycles. The van der Waals surface area contributed by atoms with E-state index in [1.54, 1.807) is 0 Å². The van der Waals surface area contributed by atoms with Gasteiger partial charge in [0, 0.05) is 18.8 Å². The highest BCUT2D eigenvalue weighted by Crippen LogP contribution is 2.50. The van der Waals surface area contributed by atoms with Gasteiger partial charge in [0.2, 0.25) is 10.0 Å². The van der Waals surface area contributed by atoms with Crippen molar-refractivity contribution in [2.24, 2.45) is 0 Å². The smallest absolute Gasteiger partial charge is 0.432 e. The molecule has 0 aromatic heterocycles. The highest BCUT2D eigenvalue weighted by molar-refractivity contribution is 7.88. The van der Waals surface area contributed by atoms with Crippen LogP contribution in [0.25, 0.3) is 0 Å². The quantitative estimate of drug-likeness (QED) is 0.653. The van der Waals surface area contributed by atoms with Crippen molar-refractivity contribution >= 4 is 16.0 Å². The first kappa shape index (κ1) is 21.5. The normalized spacial score (nSPS) is 27.6. The number of ether oxygens (including phenoxy) is 1. The zero-order valence-electron chi connectivity index (χ0n) is 15.2. The van der Waals surface area contributed by atoms with E-state index in [0.717, 1.165) is 12.5 Å². The predicted molar refractivity (Wildman–Crippen MR) is 90.9 cm³/mol. The van der Waals surface area contributed by atoms with Crippen molar-refractivity contribution in [3.8, 4) is 0 Å². The monoisotopic (exact) mass is 410 g/mol. The number of esters is 1. The molecule has 27 heavy (non-hydrogen) atoms. The van der Waals surface area contributed by atoms with Crippen LogP contribution in [-0.4, -0.2) is 67.7 Å². The van der Waals surface area contributed by atoms with Crippen LogP contribution in [0.2, 0.25) is 0 Å². The summed E-state index contributed by atoms with van der Waals surface area (Å²) in [5.74, 6) is -1.84. The number of carbonyl (C=O) groups excluding carboxylic acids is 1. The summed E-state index contributed by atoms with van der Waals surface area (Å²) in [6.45, 7) is 2.48. The molecule has 1 heterocycles. The molecule has 152 valence electrons. The Kier molecular flexibility index (Phi) is 5.28. The molecule has 0 spiro atoms. The van der Waals surface area contributed by atoms with Gasteiger partial charge in [-0.3, -0.25) is 0 Å². The second-order valence-corrected chi connectivity index (χ2v) is 8.34. The zero-order chi connectivity index (χ0) is 20.8. The predicted octanol–water partition coefficient (Wildman–Crippen LogP) is 0.845. The van der Waals surface area contributed by atoms with Gasteiger partial charge in [0.05, 0.1) is 24.4 Å². The molecule has 11 heteroatoms. The third-order valence-electron chi connectivity index (χ3n) is 4.77. The average Bonchev–Trinajstić information content (AvgIpc) is 2.78. The number of fused-ring (bicyclic) bond motifs is 1. The van der Waals surface area contributed by atoms with Crippen LogP contribution in [0.3, 0.4) is 0 Å². The van der Waals surface area contributed by atoms with Gasteiger partial charge in [0.1, 0.15) is 0 Å².